The molecule has 1 aromatic carbocycles. The Kier molecular flexibility index (Phi) is 2.62. The Hall–Kier alpha value is -0.790. The minimum Gasteiger partial charge on any atom is -0.224 e. The Morgan fingerprint density at radius 1 is 1.21 bits per heavy atom. The summed E-state index contributed by atoms with van der Waals surface area (Å²) < 4.78 is 0. The molecule has 2 rings (SSSR count). The van der Waals surface area contributed by atoms with Crippen LogP contribution < -0.4 is 0 Å². The van der Waals surface area contributed by atoms with Crippen LogP contribution >= 0.6 is 23.2 Å². The lowest BCUT2D eigenvalue weighted by Gasteiger charge is -2.03. The molecular formula is C11H9Cl2N. The average molecular weight is 226 g/mol. The average Bonchev–Trinajstić information content (AvgIpc) is 2.16. The maximum atomic E-state index is 5.96. The summed E-state index contributed by atoms with van der Waals surface area (Å²) in [6.45, 7) is 2.12. The van der Waals surface area contributed by atoms with E-state index in [-0.39, 0.29) is 0 Å². The van der Waals surface area contributed by atoms with Crippen LogP contribution in [0.3, 0.4) is 0 Å². The fourth-order valence-electron chi connectivity index (χ4n) is 1.45. The molecule has 0 saturated heterocycles. The van der Waals surface area contributed by atoms with Crippen LogP contribution in [-0.2, 0) is 6.42 Å². The molecule has 0 aliphatic heterocycles. The summed E-state index contributed by atoms with van der Waals surface area (Å²) in [7, 11) is 0. The second-order valence-electron chi connectivity index (χ2n) is 3.14. The van der Waals surface area contributed by atoms with Crippen LogP contribution in [0.15, 0.2) is 24.3 Å². The first-order chi connectivity index (χ1) is 6.70. The fourth-order valence-corrected chi connectivity index (χ4v) is 1.96. The number of pyridine rings is 1. The zero-order valence-corrected chi connectivity index (χ0v) is 9.23. The van der Waals surface area contributed by atoms with E-state index in [0.717, 1.165) is 17.2 Å². The standard InChI is InChI=1S/C11H9Cl2N/c1-2-7-3-4-9-8(5-7)6-10(12)14-11(9)13/h3-6H,2H2,1H3. The SMILES string of the molecule is CCc1ccc2c(Cl)nc(Cl)cc2c1. The number of benzene rings is 1. The number of aromatic nitrogens is 1. The van der Waals surface area contributed by atoms with Crippen molar-refractivity contribution in [3.05, 3.63) is 40.1 Å². The highest BCUT2D eigenvalue weighted by Gasteiger charge is 2.02. The molecule has 1 nitrogen and oxygen atoms in total. The van der Waals surface area contributed by atoms with E-state index in [4.69, 9.17) is 23.2 Å². The van der Waals surface area contributed by atoms with E-state index < -0.39 is 0 Å². The van der Waals surface area contributed by atoms with Gasteiger partial charge in [0.2, 0.25) is 0 Å². The highest BCUT2D eigenvalue weighted by Crippen LogP contribution is 2.25. The molecule has 0 aliphatic rings. The number of hydrogen-bond donors (Lipinski definition) is 0. The van der Waals surface area contributed by atoms with E-state index in [1.54, 1.807) is 0 Å². The van der Waals surface area contributed by atoms with Gasteiger partial charge in [0.15, 0.2) is 0 Å². The zero-order valence-electron chi connectivity index (χ0n) is 7.72. The summed E-state index contributed by atoms with van der Waals surface area (Å²) in [5.74, 6) is 0. The monoisotopic (exact) mass is 225 g/mol. The maximum absolute atomic E-state index is 5.96. The van der Waals surface area contributed by atoms with E-state index in [0.29, 0.717) is 10.3 Å². The molecule has 72 valence electrons. The quantitative estimate of drug-likeness (QED) is 0.667. The van der Waals surface area contributed by atoms with Crippen molar-refractivity contribution >= 4 is 34.0 Å². The van der Waals surface area contributed by atoms with Crippen molar-refractivity contribution in [2.24, 2.45) is 0 Å². The van der Waals surface area contributed by atoms with E-state index in [9.17, 15) is 0 Å². The molecule has 1 aromatic heterocycles. The van der Waals surface area contributed by atoms with Gasteiger partial charge in [0, 0.05) is 5.39 Å². The molecule has 0 radical (unpaired) electrons. The minimum absolute atomic E-state index is 0.441. The molecule has 3 heteroatoms. The van der Waals surface area contributed by atoms with Gasteiger partial charge in [-0.25, -0.2) is 4.98 Å². The zero-order chi connectivity index (χ0) is 10.1. The highest BCUT2D eigenvalue weighted by atomic mass is 35.5. The molecule has 0 amide bonds. The van der Waals surface area contributed by atoms with Crippen molar-refractivity contribution in [2.45, 2.75) is 13.3 Å². The molecule has 0 N–H and O–H groups in total. The van der Waals surface area contributed by atoms with Gasteiger partial charge in [0.05, 0.1) is 0 Å². The predicted molar refractivity (Wildman–Crippen MR) is 61.1 cm³/mol. The Morgan fingerprint density at radius 2 is 2.00 bits per heavy atom. The van der Waals surface area contributed by atoms with Gasteiger partial charge in [-0.15, -0.1) is 0 Å². The van der Waals surface area contributed by atoms with Crippen LogP contribution in [0.25, 0.3) is 10.8 Å². The van der Waals surface area contributed by atoms with E-state index in [2.05, 4.69) is 24.0 Å². The normalized spacial score (nSPS) is 10.8. The molecular weight excluding hydrogens is 217 g/mol. The lowest BCUT2D eigenvalue weighted by molar-refractivity contribution is 1.15. The number of hydrogen-bond acceptors (Lipinski definition) is 1. The van der Waals surface area contributed by atoms with Crippen LogP contribution in [0, 0.1) is 0 Å². The summed E-state index contributed by atoms with van der Waals surface area (Å²) in [4.78, 5) is 3.99. The Balaban J connectivity index is 2.75. The summed E-state index contributed by atoms with van der Waals surface area (Å²) in [5.41, 5.74) is 1.27. The first-order valence-corrected chi connectivity index (χ1v) is 5.21. The number of rotatable bonds is 1. The van der Waals surface area contributed by atoms with Crippen molar-refractivity contribution in [2.75, 3.05) is 0 Å². The van der Waals surface area contributed by atoms with Crippen LogP contribution in [0.5, 0.6) is 0 Å². The largest absolute Gasteiger partial charge is 0.224 e. The first kappa shape index (κ1) is 9.75. The van der Waals surface area contributed by atoms with Gasteiger partial charge in [-0.2, -0.15) is 0 Å². The first-order valence-electron chi connectivity index (χ1n) is 4.45. The number of fused-ring (bicyclic) bond motifs is 1. The van der Waals surface area contributed by atoms with Crippen LogP contribution in [-0.4, -0.2) is 4.98 Å². The van der Waals surface area contributed by atoms with Gasteiger partial charge < -0.3 is 0 Å². The van der Waals surface area contributed by atoms with Gasteiger partial charge >= 0.3 is 0 Å². The Morgan fingerprint density at radius 3 is 2.71 bits per heavy atom. The van der Waals surface area contributed by atoms with Gasteiger partial charge in [-0.3, -0.25) is 0 Å². The maximum Gasteiger partial charge on any atom is 0.138 e. The van der Waals surface area contributed by atoms with Crippen molar-refractivity contribution < 1.29 is 0 Å². The summed E-state index contributed by atoms with van der Waals surface area (Å²) in [6, 6.07) is 7.97. The molecule has 0 unspecified atom stereocenters. The summed E-state index contributed by atoms with van der Waals surface area (Å²) in [6.07, 6.45) is 1.01. The third-order valence-electron chi connectivity index (χ3n) is 2.23. The minimum atomic E-state index is 0.441. The van der Waals surface area contributed by atoms with E-state index >= 15 is 0 Å². The summed E-state index contributed by atoms with van der Waals surface area (Å²) in [5, 5.41) is 2.91. The number of nitrogens with zero attached hydrogens (tertiary/aromatic N) is 1. The van der Waals surface area contributed by atoms with E-state index in [1.807, 2.05) is 12.1 Å². The Labute approximate surface area is 92.7 Å². The lowest BCUT2D eigenvalue weighted by atomic mass is 10.1. The third kappa shape index (κ3) is 1.70. The predicted octanol–water partition coefficient (Wildman–Crippen LogP) is 4.10. The van der Waals surface area contributed by atoms with Crippen molar-refractivity contribution in [1.82, 2.24) is 4.98 Å². The molecule has 0 fully saturated rings. The van der Waals surface area contributed by atoms with Crippen molar-refractivity contribution in [1.29, 1.82) is 0 Å². The lowest BCUT2D eigenvalue weighted by Crippen LogP contribution is -1.84. The molecule has 0 aliphatic carbocycles. The van der Waals surface area contributed by atoms with E-state index in [1.165, 1.54) is 5.56 Å². The van der Waals surface area contributed by atoms with Crippen molar-refractivity contribution in [3.63, 3.8) is 0 Å². The molecule has 1 heterocycles. The molecule has 2 aromatic rings. The molecule has 0 saturated carbocycles. The molecule has 0 atom stereocenters. The second-order valence-corrected chi connectivity index (χ2v) is 3.89. The number of aryl methyl sites for hydroxylation is 1. The molecule has 0 bridgehead atoms. The highest BCUT2D eigenvalue weighted by molar-refractivity contribution is 6.36. The number of halogens is 2. The van der Waals surface area contributed by atoms with Crippen LogP contribution in [0.4, 0.5) is 0 Å². The summed E-state index contributed by atoms with van der Waals surface area (Å²) >= 11 is 11.8. The topological polar surface area (TPSA) is 12.9 Å². The van der Waals surface area contributed by atoms with Crippen LogP contribution in [0.1, 0.15) is 12.5 Å². The third-order valence-corrected chi connectivity index (χ3v) is 2.71. The molecule has 0 spiro atoms. The second kappa shape index (κ2) is 3.76. The smallest absolute Gasteiger partial charge is 0.138 e. The van der Waals surface area contributed by atoms with Gasteiger partial charge in [-0.1, -0.05) is 48.3 Å². The Bertz CT molecular complexity index is 480. The fraction of sp³-hybridized carbons (Fsp3) is 0.182. The van der Waals surface area contributed by atoms with Crippen LogP contribution in [0.2, 0.25) is 10.3 Å². The van der Waals surface area contributed by atoms with Gasteiger partial charge in [0.1, 0.15) is 10.3 Å². The van der Waals surface area contributed by atoms with Gasteiger partial charge in [-0.05, 0) is 23.4 Å². The van der Waals surface area contributed by atoms with Crippen molar-refractivity contribution in [3.8, 4) is 0 Å². The molecule has 14 heavy (non-hydrogen) atoms. The van der Waals surface area contributed by atoms with Gasteiger partial charge in [0.25, 0.3) is 0 Å².